The number of benzene rings is 1. The molecule has 0 saturated carbocycles. The van der Waals surface area contributed by atoms with E-state index in [2.05, 4.69) is 5.32 Å². The van der Waals surface area contributed by atoms with Crippen molar-refractivity contribution >= 4 is 21.9 Å². The molecule has 7 nitrogen and oxygen atoms in total. The number of amides is 1. The first kappa shape index (κ1) is 18.4. The number of rotatable bonds is 5. The van der Waals surface area contributed by atoms with Gasteiger partial charge in [-0.3, -0.25) is 4.79 Å². The average Bonchev–Trinajstić information content (AvgIpc) is 2.54. The van der Waals surface area contributed by atoms with E-state index < -0.39 is 16.0 Å². The molecule has 1 aromatic carbocycles. The third-order valence-electron chi connectivity index (χ3n) is 3.95. The van der Waals surface area contributed by atoms with Crippen LogP contribution in [0.4, 0.5) is 0 Å². The summed E-state index contributed by atoms with van der Waals surface area (Å²) in [7, 11) is -3.21. The number of nitrogens with one attached hydrogen (secondary N) is 1. The number of hydrogen-bond acceptors (Lipinski definition) is 5. The largest absolute Gasteiger partial charge is 0.425 e. The van der Waals surface area contributed by atoms with Gasteiger partial charge in [0.05, 0.1) is 6.26 Å². The first-order chi connectivity index (χ1) is 11.3. The second-order valence-corrected chi connectivity index (χ2v) is 7.92. The third kappa shape index (κ3) is 5.31. The summed E-state index contributed by atoms with van der Waals surface area (Å²) in [5, 5.41) is 2.56. The molecule has 1 fully saturated rings. The number of carbonyl (C=O) groups excluding carboxylic acids is 2. The fraction of sp³-hybridized carbons (Fsp3) is 0.500. The molecule has 1 N–H and O–H groups in total. The highest BCUT2D eigenvalue weighted by Crippen LogP contribution is 2.19. The molecule has 0 aromatic heterocycles. The van der Waals surface area contributed by atoms with Crippen LogP contribution in [-0.4, -0.2) is 50.5 Å². The predicted octanol–water partition coefficient (Wildman–Crippen LogP) is 0.688. The highest BCUT2D eigenvalue weighted by Gasteiger charge is 2.29. The number of esters is 1. The summed E-state index contributed by atoms with van der Waals surface area (Å²) in [5.74, 6) is -0.638. The van der Waals surface area contributed by atoms with Crippen molar-refractivity contribution in [2.24, 2.45) is 5.92 Å². The van der Waals surface area contributed by atoms with Crippen LogP contribution >= 0.6 is 0 Å². The fourth-order valence-electron chi connectivity index (χ4n) is 2.53. The number of carbonyl (C=O) groups is 2. The molecule has 0 radical (unpaired) electrons. The molecular weight excluding hydrogens is 332 g/mol. The number of sulfonamides is 1. The van der Waals surface area contributed by atoms with E-state index in [-0.39, 0.29) is 18.4 Å². The van der Waals surface area contributed by atoms with Crippen LogP contribution < -0.4 is 10.1 Å². The number of nitrogens with zero attached hydrogens (tertiary/aromatic N) is 1. The lowest BCUT2D eigenvalue weighted by molar-refractivity contribution is -0.136. The smallest absolute Gasteiger partial charge is 0.330 e. The van der Waals surface area contributed by atoms with Crippen molar-refractivity contribution in [3.8, 4) is 5.75 Å². The summed E-state index contributed by atoms with van der Waals surface area (Å²) in [6.45, 7) is 2.37. The van der Waals surface area contributed by atoms with Crippen LogP contribution in [0.25, 0.3) is 0 Å². The molecule has 0 spiro atoms. The number of aryl methyl sites for hydroxylation is 1. The molecule has 0 atom stereocenters. The topological polar surface area (TPSA) is 92.8 Å². The molecule has 1 aromatic rings. The van der Waals surface area contributed by atoms with E-state index in [9.17, 15) is 18.0 Å². The standard InChI is InChI=1S/C16H22N2O5S/c1-12-3-5-14(6-4-12)23-15(19)11-17-16(20)13-7-9-18(10-8-13)24(2,21)22/h3-6,13H,7-11H2,1-2H3,(H,17,20). The molecule has 1 amide bonds. The molecule has 0 bridgehead atoms. The summed E-state index contributed by atoms with van der Waals surface area (Å²) < 4.78 is 29.4. The van der Waals surface area contributed by atoms with E-state index in [0.717, 1.165) is 11.8 Å². The van der Waals surface area contributed by atoms with Crippen molar-refractivity contribution in [1.29, 1.82) is 0 Å². The summed E-state index contributed by atoms with van der Waals surface area (Å²) in [4.78, 5) is 23.8. The van der Waals surface area contributed by atoms with Crippen molar-refractivity contribution in [1.82, 2.24) is 9.62 Å². The minimum atomic E-state index is -3.21. The summed E-state index contributed by atoms with van der Waals surface area (Å²) in [6.07, 6.45) is 2.06. The van der Waals surface area contributed by atoms with Crippen molar-refractivity contribution in [2.75, 3.05) is 25.9 Å². The van der Waals surface area contributed by atoms with Crippen LogP contribution in [0.3, 0.4) is 0 Å². The van der Waals surface area contributed by atoms with Gasteiger partial charge in [0.15, 0.2) is 0 Å². The van der Waals surface area contributed by atoms with E-state index in [1.165, 1.54) is 4.31 Å². The Balaban J connectivity index is 1.75. The zero-order valence-corrected chi connectivity index (χ0v) is 14.6. The van der Waals surface area contributed by atoms with Gasteiger partial charge < -0.3 is 10.1 Å². The van der Waals surface area contributed by atoms with Crippen LogP contribution in [0, 0.1) is 12.8 Å². The van der Waals surface area contributed by atoms with E-state index >= 15 is 0 Å². The van der Waals surface area contributed by atoms with Gasteiger partial charge in [0.2, 0.25) is 15.9 Å². The van der Waals surface area contributed by atoms with Gasteiger partial charge in [-0.15, -0.1) is 0 Å². The van der Waals surface area contributed by atoms with E-state index in [0.29, 0.717) is 31.7 Å². The first-order valence-corrected chi connectivity index (χ1v) is 9.61. The van der Waals surface area contributed by atoms with Gasteiger partial charge in [-0.25, -0.2) is 17.5 Å². The van der Waals surface area contributed by atoms with Gasteiger partial charge in [0, 0.05) is 19.0 Å². The molecule has 24 heavy (non-hydrogen) atoms. The molecule has 1 aliphatic rings. The number of piperidine rings is 1. The van der Waals surface area contributed by atoms with Gasteiger partial charge in [-0.2, -0.15) is 0 Å². The van der Waals surface area contributed by atoms with Gasteiger partial charge in [0.1, 0.15) is 12.3 Å². The van der Waals surface area contributed by atoms with Gasteiger partial charge in [0.25, 0.3) is 0 Å². The lowest BCUT2D eigenvalue weighted by atomic mass is 9.97. The average molecular weight is 354 g/mol. The van der Waals surface area contributed by atoms with Crippen molar-refractivity contribution in [3.63, 3.8) is 0 Å². The minimum Gasteiger partial charge on any atom is -0.425 e. The number of hydrogen-bond donors (Lipinski definition) is 1. The Labute approximate surface area is 142 Å². The Hall–Kier alpha value is -1.93. The maximum Gasteiger partial charge on any atom is 0.330 e. The Kier molecular flexibility index (Phi) is 5.95. The Morgan fingerprint density at radius 1 is 1.21 bits per heavy atom. The maximum atomic E-state index is 12.1. The van der Waals surface area contributed by atoms with Crippen LogP contribution in [0.15, 0.2) is 24.3 Å². The normalized spacial score (nSPS) is 16.6. The van der Waals surface area contributed by atoms with E-state index in [4.69, 9.17) is 4.74 Å². The third-order valence-corrected chi connectivity index (χ3v) is 5.26. The first-order valence-electron chi connectivity index (χ1n) is 7.76. The lowest BCUT2D eigenvalue weighted by Crippen LogP contribution is -2.43. The van der Waals surface area contributed by atoms with Crippen molar-refractivity contribution in [3.05, 3.63) is 29.8 Å². The summed E-state index contributed by atoms with van der Waals surface area (Å²) in [6, 6.07) is 7.04. The van der Waals surface area contributed by atoms with E-state index in [1.54, 1.807) is 12.1 Å². The quantitative estimate of drug-likeness (QED) is 0.620. The summed E-state index contributed by atoms with van der Waals surface area (Å²) >= 11 is 0. The molecule has 2 rings (SSSR count). The predicted molar refractivity (Wildman–Crippen MR) is 89.0 cm³/mol. The lowest BCUT2D eigenvalue weighted by Gasteiger charge is -2.29. The van der Waals surface area contributed by atoms with Crippen LogP contribution in [-0.2, 0) is 19.6 Å². The van der Waals surface area contributed by atoms with Gasteiger partial charge >= 0.3 is 5.97 Å². The monoisotopic (exact) mass is 354 g/mol. The molecule has 1 saturated heterocycles. The molecule has 132 valence electrons. The molecule has 0 unspecified atom stereocenters. The molecular formula is C16H22N2O5S. The molecule has 8 heteroatoms. The molecule has 1 aliphatic heterocycles. The summed E-state index contributed by atoms with van der Waals surface area (Å²) in [5.41, 5.74) is 1.06. The van der Waals surface area contributed by atoms with Crippen LogP contribution in [0.5, 0.6) is 5.75 Å². The SMILES string of the molecule is Cc1ccc(OC(=O)CNC(=O)C2CCN(S(C)(=O)=O)CC2)cc1. The highest BCUT2D eigenvalue weighted by atomic mass is 32.2. The Morgan fingerprint density at radius 3 is 2.33 bits per heavy atom. The zero-order valence-electron chi connectivity index (χ0n) is 13.8. The Morgan fingerprint density at radius 2 is 1.79 bits per heavy atom. The maximum absolute atomic E-state index is 12.1. The van der Waals surface area contributed by atoms with Crippen LogP contribution in [0.2, 0.25) is 0 Å². The van der Waals surface area contributed by atoms with Crippen LogP contribution in [0.1, 0.15) is 18.4 Å². The number of ether oxygens (including phenoxy) is 1. The Bertz CT molecular complexity index is 692. The van der Waals surface area contributed by atoms with Crippen molar-refractivity contribution < 1.29 is 22.7 Å². The van der Waals surface area contributed by atoms with E-state index in [1.807, 2.05) is 19.1 Å². The highest BCUT2D eigenvalue weighted by molar-refractivity contribution is 7.88. The van der Waals surface area contributed by atoms with Crippen molar-refractivity contribution in [2.45, 2.75) is 19.8 Å². The van der Waals surface area contributed by atoms with Gasteiger partial charge in [-0.1, -0.05) is 17.7 Å². The molecule has 1 heterocycles. The zero-order chi connectivity index (χ0) is 17.7. The second kappa shape index (κ2) is 7.76. The molecule has 0 aliphatic carbocycles. The minimum absolute atomic E-state index is 0.209. The van der Waals surface area contributed by atoms with Gasteiger partial charge in [-0.05, 0) is 31.9 Å². The second-order valence-electron chi connectivity index (χ2n) is 5.94. The fourth-order valence-corrected chi connectivity index (χ4v) is 3.40.